The van der Waals surface area contributed by atoms with E-state index in [9.17, 15) is 9.59 Å². The lowest BCUT2D eigenvalue weighted by molar-refractivity contribution is -0.147. The van der Waals surface area contributed by atoms with Gasteiger partial charge >= 0.3 is 5.97 Å². The van der Waals surface area contributed by atoms with E-state index >= 15 is 0 Å². The number of hydrogen-bond donors (Lipinski definition) is 1. The van der Waals surface area contributed by atoms with Crippen LogP contribution in [0.1, 0.15) is 27.2 Å². The zero-order chi connectivity index (χ0) is 12.6. The molecule has 2 atom stereocenters. The van der Waals surface area contributed by atoms with Gasteiger partial charge in [-0.25, -0.2) is 4.79 Å². The van der Waals surface area contributed by atoms with Gasteiger partial charge in [0.1, 0.15) is 12.6 Å². The first-order valence-corrected chi connectivity index (χ1v) is 5.51. The van der Waals surface area contributed by atoms with Gasteiger partial charge in [0.2, 0.25) is 5.91 Å². The number of hydrogen-bond acceptors (Lipinski definition) is 4. The largest absolute Gasteiger partial charge is 0.467 e. The highest BCUT2D eigenvalue weighted by atomic mass is 16.5. The molecule has 0 saturated heterocycles. The van der Waals surface area contributed by atoms with Crippen molar-refractivity contribution in [3.05, 3.63) is 0 Å². The molecule has 16 heavy (non-hydrogen) atoms. The first-order valence-electron chi connectivity index (χ1n) is 5.51. The van der Waals surface area contributed by atoms with Crippen LogP contribution in [0.5, 0.6) is 0 Å². The smallest absolute Gasteiger partial charge is 0.328 e. The van der Waals surface area contributed by atoms with E-state index in [0.717, 1.165) is 6.42 Å². The Labute approximate surface area is 96.5 Å². The predicted octanol–water partition coefficient (Wildman–Crippen LogP) is 0.727. The Balaban J connectivity index is 4.31. The molecule has 0 heterocycles. The standard InChI is InChI=1S/C11H21NO4/c1-5-8(3)10(11(14)15-4)12-9(13)7-16-6-2/h8,10H,5-7H2,1-4H3,(H,12,13)/t8-,10+/m1/s1. The average Bonchev–Trinajstić information content (AvgIpc) is 2.31. The van der Waals surface area contributed by atoms with E-state index in [1.165, 1.54) is 7.11 Å². The molecule has 0 aliphatic heterocycles. The summed E-state index contributed by atoms with van der Waals surface area (Å²) in [4.78, 5) is 22.9. The van der Waals surface area contributed by atoms with Crippen molar-refractivity contribution < 1.29 is 19.1 Å². The van der Waals surface area contributed by atoms with Crippen LogP contribution in [0, 0.1) is 5.92 Å². The lowest BCUT2D eigenvalue weighted by atomic mass is 9.99. The molecular formula is C11H21NO4. The molecule has 0 spiro atoms. The summed E-state index contributed by atoms with van der Waals surface area (Å²) in [6.45, 7) is 6.09. The molecule has 5 heteroatoms. The SMILES string of the molecule is CCOCC(=O)N[C@H](C(=O)OC)[C@H](C)CC. The van der Waals surface area contributed by atoms with E-state index < -0.39 is 12.0 Å². The minimum Gasteiger partial charge on any atom is -0.467 e. The summed E-state index contributed by atoms with van der Waals surface area (Å²) >= 11 is 0. The Morgan fingerprint density at radius 1 is 1.31 bits per heavy atom. The second kappa shape index (κ2) is 8.10. The summed E-state index contributed by atoms with van der Waals surface area (Å²) in [6, 6.07) is -0.594. The molecular weight excluding hydrogens is 210 g/mol. The Morgan fingerprint density at radius 3 is 2.38 bits per heavy atom. The normalized spacial score (nSPS) is 14.0. The molecule has 5 nitrogen and oxygen atoms in total. The molecule has 1 N–H and O–H groups in total. The summed E-state index contributed by atoms with van der Waals surface area (Å²) in [5, 5.41) is 2.61. The van der Waals surface area contributed by atoms with Crippen molar-refractivity contribution in [3.8, 4) is 0 Å². The van der Waals surface area contributed by atoms with Crippen LogP contribution in [-0.4, -0.2) is 38.2 Å². The molecule has 0 fully saturated rings. The topological polar surface area (TPSA) is 64.6 Å². The van der Waals surface area contributed by atoms with Gasteiger partial charge in [-0.15, -0.1) is 0 Å². The van der Waals surface area contributed by atoms with Crippen LogP contribution in [-0.2, 0) is 19.1 Å². The highest BCUT2D eigenvalue weighted by molar-refractivity contribution is 5.85. The van der Waals surface area contributed by atoms with E-state index in [4.69, 9.17) is 4.74 Å². The summed E-state index contributed by atoms with van der Waals surface area (Å²) < 4.78 is 9.60. The summed E-state index contributed by atoms with van der Waals surface area (Å²) in [6.07, 6.45) is 0.786. The lowest BCUT2D eigenvalue weighted by Crippen LogP contribution is -2.46. The van der Waals surface area contributed by atoms with Crippen LogP contribution in [0.15, 0.2) is 0 Å². The fourth-order valence-electron chi connectivity index (χ4n) is 1.21. The third kappa shape index (κ3) is 5.11. The monoisotopic (exact) mass is 231 g/mol. The third-order valence-corrected chi connectivity index (χ3v) is 2.42. The number of carbonyl (C=O) groups is 2. The highest BCUT2D eigenvalue weighted by Crippen LogP contribution is 2.09. The maximum atomic E-state index is 11.4. The molecule has 0 saturated carbocycles. The molecule has 0 rings (SSSR count). The Hall–Kier alpha value is -1.10. The molecule has 94 valence electrons. The number of carbonyl (C=O) groups excluding carboxylic acids is 2. The van der Waals surface area contributed by atoms with Gasteiger partial charge in [-0.3, -0.25) is 4.79 Å². The number of ether oxygens (including phenoxy) is 2. The van der Waals surface area contributed by atoms with Crippen LogP contribution in [0.4, 0.5) is 0 Å². The van der Waals surface area contributed by atoms with Gasteiger partial charge in [0.25, 0.3) is 0 Å². The molecule has 0 bridgehead atoms. The third-order valence-electron chi connectivity index (χ3n) is 2.42. The van der Waals surface area contributed by atoms with Gasteiger partial charge in [0.05, 0.1) is 7.11 Å². The second-order valence-corrected chi connectivity index (χ2v) is 3.59. The number of rotatable bonds is 7. The van der Waals surface area contributed by atoms with E-state index in [2.05, 4.69) is 10.1 Å². The summed E-state index contributed by atoms with van der Waals surface area (Å²) in [5.41, 5.74) is 0. The van der Waals surface area contributed by atoms with Gasteiger partial charge in [-0.2, -0.15) is 0 Å². The molecule has 0 radical (unpaired) electrons. The molecule has 0 unspecified atom stereocenters. The van der Waals surface area contributed by atoms with Crippen LogP contribution in [0.3, 0.4) is 0 Å². The van der Waals surface area contributed by atoms with Crippen LogP contribution in [0.2, 0.25) is 0 Å². The second-order valence-electron chi connectivity index (χ2n) is 3.59. The molecule has 0 aliphatic rings. The minimum atomic E-state index is -0.594. The number of methoxy groups -OCH3 is 1. The van der Waals surface area contributed by atoms with E-state index in [-0.39, 0.29) is 18.4 Å². The van der Waals surface area contributed by atoms with Crippen molar-refractivity contribution in [2.24, 2.45) is 5.92 Å². The van der Waals surface area contributed by atoms with E-state index in [1.807, 2.05) is 13.8 Å². The molecule has 0 aliphatic carbocycles. The summed E-state index contributed by atoms with van der Waals surface area (Å²) in [5.74, 6) is -0.672. The minimum absolute atomic E-state index is 0.0274. The van der Waals surface area contributed by atoms with Crippen molar-refractivity contribution in [1.29, 1.82) is 0 Å². The van der Waals surface area contributed by atoms with Gasteiger partial charge in [0.15, 0.2) is 0 Å². The van der Waals surface area contributed by atoms with Crippen molar-refractivity contribution in [3.63, 3.8) is 0 Å². The average molecular weight is 231 g/mol. The Morgan fingerprint density at radius 2 is 1.94 bits per heavy atom. The number of esters is 1. The Bertz CT molecular complexity index is 230. The molecule has 0 aromatic heterocycles. The van der Waals surface area contributed by atoms with Gasteiger partial charge in [-0.05, 0) is 12.8 Å². The van der Waals surface area contributed by atoms with E-state index in [0.29, 0.717) is 6.61 Å². The van der Waals surface area contributed by atoms with Gasteiger partial charge in [-0.1, -0.05) is 20.3 Å². The summed E-state index contributed by atoms with van der Waals surface area (Å²) in [7, 11) is 1.31. The maximum Gasteiger partial charge on any atom is 0.328 e. The van der Waals surface area contributed by atoms with Gasteiger partial charge in [0, 0.05) is 6.61 Å². The quantitative estimate of drug-likeness (QED) is 0.656. The predicted molar refractivity (Wildman–Crippen MR) is 59.9 cm³/mol. The first-order chi connectivity index (χ1) is 7.56. The molecule has 0 aromatic rings. The number of nitrogens with one attached hydrogen (secondary N) is 1. The molecule has 1 amide bonds. The molecule has 0 aromatic carbocycles. The fourth-order valence-corrected chi connectivity index (χ4v) is 1.21. The first kappa shape index (κ1) is 14.9. The van der Waals surface area contributed by atoms with Crippen LogP contribution in [0.25, 0.3) is 0 Å². The van der Waals surface area contributed by atoms with E-state index in [1.54, 1.807) is 6.92 Å². The zero-order valence-corrected chi connectivity index (χ0v) is 10.4. The van der Waals surface area contributed by atoms with Crippen molar-refractivity contribution in [2.75, 3.05) is 20.3 Å². The van der Waals surface area contributed by atoms with Crippen molar-refractivity contribution in [1.82, 2.24) is 5.32 Å². The zero-order valence-electron chi connectivity index (χ0n) is 10.4. The fraction of sp³-hybridized carbons (Fsp3) is 0.818. The van der Waals surface area contributed by atoms with Crippen LogP contribution >= 0.6 is 0 Å². The van der Waals surface area contributed by atoms with Crippen molar-refractivity contribution >= 4 is 11.9 Å². The maximum absolute atomic E-state index is 11.4. The lowest BCUT2D eigenvalue weighted by Gasteiger charge is -2.21. The van der Waals surface area contributed by atoms with Crippen LogP contribution < -0.4 is 5.32 Å². The highest BCUT2D eigenvalue weighted by Gasteiger charge is 2.26. The Kier molecular flexibility index (Phi) is 7.54. The van der Waals surface area contributed by atoms with Gasteiger partial charge < -0.3 is 14.8 Å². The number of amides is 1. The van der Waals surface area contributed by atoms with Crippen molar-refractivity contribution in [2.45, 2.75) is 33.2 Å².